The van der Waals surface area contributed by atoms with E-state index in [9.17, 15) is 4.79 Å². The quantitative estimate of drug-likeness (QED) is 0.890. The molecular formula is C17H24N6O2. The number of anilines is 1. The van der Waals surface area contributed by atoms with Crippen molar-refractivity contribution in [3.05, 3.63) is 35.7 Å². The summed E-state index contributed by atoms with van der Waals surface area (Å²) in [7, 11) is 5.50. The van der Waals surface area contributed by atoms with Crippen molar-refractivity contribution in [1.82, 2.24) is 25.1 Å². The highest BCUT2D eigenvalue weighted by Crippen LogP contribution is 2.30. The lowest BCUT2D eigenvalue weighted by atomic mass is 10.0. The molecule has 0 saturated carbocycles. The maximum atomic E-state index is 13.0. The molecule has 0 bridgehead atoms. The lowest BCUT2D eigenvalue weighted by Crippen LogP contribution is -2.39. The van der Waals surface area contributed by atoms with Crippen LogP contribution in [-0.4, -0.2) is 58.7 Å². The second-order valence-electron chi connectivity index (χ2n) is 6.38. The molecule has 1 N–H and O–H groups in total. The Morgan fingerprint density at radius 3 is 3.04 bits per heavy atom. The van der Waals surface area contributed by atoms with Crippen LogP contribution in [0.25, 0.3) is 0 Å². The Kier molecular flexibility index (Phi) is 5.28. The van der Waals surface area contributed by atoms with E-state index in [4.69, 9.17) is 4.74 Å². The monoisotopic (exact) mass is 344 g/mol. The summed E-state index contributed by atoms with van der Waals surface area (Å²) in [5.74, 6) is 1.23. The van der Waals surface area contributed by atoms with Gasteiger partial charge in [-0.2, -0.15) is 5.10 Å². The van der Waals surface area contributed by atoms with Crippen LogP contribution in [0.3, 0.4) is 0 Å². The Balaban J connectivity index is 1.84. The average molecular weight is 344 g/mol. The van der Waals surface area contributed by atoms with E-state index in [1.165, 1.54) is 0 Å². The van der Waals surface area contributed by atoms with Crippen molar-refractivity contribution < 1.29 is 9.53 Å². The Morgan fingerprint density at radius 1 is 1.44 bits per heavy atom. The normalized spacial score (nSPS) is 17.6. The summed E-state index contributed by atoms with van der Waals surface area (Å²) >= 11 is 0. The first-order valence-electron chi connectivity index (χ1n) is 8.44. The topological polar surface area (TPSA) is 87.2 Å². The Hall–Kier alpha value is -2.48. The smallest absolute Gasteiger partial charge is 0.273 e. The number of nitrogens with one attached hydrogen (secondary N) is 1. The number of rotatable bonds is 5. The van der Waals surface area contributed by atoms with Crippen molar-refractivity contribution in [1.29, 1.82) is 0 Å². The van der Waals surface area contributed by atoms with Crippen molar-refractivity contribution in [2.75, 3.05) is 32.6 Å². The number of hydrogen-bond acceptors (Lipinski definition) is 6. The zero-order chi connectivity index (χ0) is 17.8. The molecule has 1 unspecified atom stereocenters. The fourth-order valence-electron chi connectivity index (χ4n) is 3.07. The largest absolute Gasteiger partial charge is 0.378 e. The third-order valence-electron chi connectivity index (χ3n) is 4.37. The number of ether oxygens (including phenoxy) is 1. The first kappa shape index (κ1) is 17.3. The van der Waals surface area contributed by atoms with Gasteiger partial charge in [-0.25, -0.2) is 4.98 Å². The lowest BCUT2D eigenvalue weighted by Gasteiger charge is -2.33. The number of piperidine rings is 1. The number of carbonyl (C=O) groups is 1. The van der Waals surface area contributed by atoms with Gasteiger partial charge in [0.25, 0.3) is 5.91 Å². The number of aromatic amines is 1. The number of amides is 1. The zero-order valence-electron chi connectivity index (χ0n) is 14.9. The molecule has 0 spiro atoms. The molecule has 2 aromatic heterocycles. The van der Waals surface area contributed by atoms with Gasteiger partial charge in [-0.3, -0.25) is 14.9 Å². The molecule has 3 heterocycles. The molecule has 8 nitrogen and oxygen atoms in total. The van der Waals surface area contributed by atoms with Gasteiger partial charge in [0.2, 0.25) is 0 Å². The molecule has 1 saturated heterocycles. The van der Waals surface area contributed by atoms with Gasteiger partial charge in [0.05, 0.1) is 6.04 Å². The van der Waals surface area contributed by atoms with Crippen LogP contribution in [-0.2, 0) is 11.3 Å². The number of likely N-dealkylation sites (tertiary alicyclic amines) is 1. The first-order valence-corrected chi connectivity index (χ1v) is 8.44. The lowest BCUT2D eigenvalue weighted by molar-refractivity contribution is 0.0594. The van der Waals surface area contributed by atoms with Gasteiger partial charge < -0.3 is 14.5 Å². The molecule has 25 heavy (non-hydrogen) atoms. The molecule has 1 atom stereocenters. The van der Waals surface area contributed by atoms with Gasteiger partial charge in [-0.15, -0.1) is 0 Å². The number of pyridine rings is 1. The van der Waals surface area contributed by atoms with Crippen LogP contribution < -0.4 is 4.90 Å². The molecule has 1 aliphatic rings. The SMILES string of the molecule is COCc1nc(C2CCCCN2C(=O)c2cc(N(C)C)ccn2)n[nH]1. The van der Waals surface area contributed by atoms with Crippen LogP contribution in [0.15, 0.2) is 18.3 Å². The maximum Gasteiger partial charge on any atom is 0.273 e. The Labute approximate surface area is 147 Å². The van der Waals surface area contributed by atoms with Crippen LogP contribution in [0.5, 0.6) is 0 Å². The van der Waals surface area contributed by atoms with Gasteiger partial charge in [-0.1, -0.05) is 0 Å². The van der Waals surface area contributed by atoms with E-state index in [0.29, 0.717) is 30.5 Å². The van der Waals surface area contributed by atoms with E-state index in [1.54, 1.807) is 13.3 Å². The summed E-state index contributed by atoms with van der Waals surface area (Å²) in [4.78, 5) is 25.6. The summed E-state index contributed by atoms with van der Waals surface area (Å²) in [6, 6.07) is 3.58. The molecule has 3 rings (SSSR count). The first-order chi connectivity index (χ1) is 12.1. The van der Waals surface area contributed by atoms with Crippen LogP contribution in [0.2, 0.25) is 0 Å². The van der Waals surface area contributed by atoms with E-state index < -0.39 is 0 Å². The summed E-state index contributed by atoms with van der Waals surface area (Å²) in [6.45, 7) is 1.06. The van der Waals surface area contributed by atoms with Gasteiger partial charge in [0, 0.05) is 39.6 Å². The van der Waals surface area contributed by atoms with Crippen LogP contribution >= 0.6 is 0 Å². The summed E-state index contributed by atoms with van der Waals surface area (Å²) in [5.41, 5.74) is 1.40. The fraction of sp³-hybridized carbons (Fsp3) is 0.529. The number of H-pyrrole nitrogens is 1. The predicted octanol–water partition coefficient (Wildman–Crippen LogP) is 1.78. The number of carbonyl (C=O) groups excluding carboxylic acids is 1. The Morgan fingerprint density at radius 2 is 2.28 bits per heavy atom. The third-order valence-corrected chi connectivity index (χ3v) is 4.37. The van der Waals surface area contributed by atoms with Gasteiger partial charge in [0.15, 0.2) is 11.6 Å². The number of nitrogens with zero attached hydrogens (tertiary/aromatic N) is 5. The molecular weight excluding hydrogens is 320 g/mol. The van der Waals surface area contributed by atoms with Crippen molar-refractivity contribution in [2.45, 2.75) is 31.9 Å². The second kappa shape index (κ2) is 7.60. The zero-order valence-corrected chi connectivity index (χ0v) is 14.9. The highest BCUT2D eigenvalue weighted by Gasteiger charge is 2.32. The van der Waals surface area contributed by atoms with Gasteiger partial charge >= 0.3 is 0 Å². The number of methoxy groups -OCH3 is 1. The van der Waals surface area contributed by atoms with E-state index in [-0.39, 0.29) is 11.9 Å². The van der Waals surface area contributed by atoms with Crippen LogP contribution in [0, 0.1) is 0 Å². The molecule has 0 aromatic carbocycles. The number of hydrogen-bond donors (Lipinski definition) is 1. The van der Waals surface area contributed by atoms with Crippen molar-refractivity contribution >= 4 is 11.6 Å². The van der Waals surface area contributed by atoms with E-state index in [2.05, 4.69) is 20.2 Å². The predicted molar refractivity (Wildman–Crippen MR) is 93.3 cm³/mol. The molecule has 134 valence electrons. The summed E-state index contributed by atoms with van der Waals surface area (Å²) in [5, 5.41) is 7.17. The molecule has 8 heteroatoms. The van der Waals surface area contributed by atoms with Crippen LogP contribution in [0.1, 0.15) is 47.4 Å². The highest BCUT2D eigenvalue weighted by molar-refractivity contribution is 5.93. The van der Waals surface area contributed by atoms with Crippen molar-refractivity contribution in [3.63, 3.8) is 0 Å². The maximum absolute atomic E-state index is 13.0. The van der Waals surface area contributed by atoms with Crippen LogP contribution in [0.4, 0.5) is 5.69 Å². The van der Waals surface area contributed by atoms with Gasteiger partial charge in [0.1, 0.15) is 12.3 Å². The molecule has 1 aliphatic heterocycles. The number of aromatic nitrogens is 4. The molecule has 1 fully saturated rings. The fourth-order valence-corrected chi connectivity index (χ4v) is 3.07. The Bertz CT molecular complexity index is 729. The third kappa shape index (κ3) is 3.79. The average Bonchev–Trinajstić information content (AvgIpc) is 3.10. The van der Waals surface area contributed by atoms with E-state index in [1.807, 2.05) is 36.0 Å². The second-order valence-corrected chi connectivity index (χ2v) is 6.38. The molecule has 0 radical (unpaired) electrons. The highest BCUT2D eigenvalue weighted by atomic mass is 16.5. The van der Waals surface area contributed by atoms with E-state index >= 15 is 0 Å². The summed E-state index contributed by atoms with van der Waals surface area (Å²) in [6.07, 6.45) is 4.55. The standard InChI is InChI=1S/C17H24N6O2/c1-22(2)12-7-8-18-13(10-12)17(24)23-9-5-4-6-14(23)16-19-15(11-25-3)20-21-16/h7-8,10,14H,4-6,9,11H2,1-3H3,(H,19,20,21). The van der Waals surface area contributed by atoms with E-state index in [0.717, 1.165) is 24.9 Å². The summed E-state index contributed by atoms with van der Waals surface area (Å²) < 4.78 is 5.08. The van der Waals surface area contributed by atoms with Crippen molar-refractivity contribution in [2.24, 2.45) is 0 Å². The molecule has 2 aromatic rings. The van der Waals surface area contributed by atoms with Crippen molar-refractivity contribution in [3.8, 4) is 0 Å². The molecule has 1 amide bonds. The van der Waals surface area contributed by atoms with Gasteiger partial charge in [-0.05, 0) is 31.4 Å². The minimum atomic E-state index is -0.132. The minimum absolute atomic E-state index is 0.0773. The minimum Gasteiger partial charge on any atom is -0.378 e. The molecule has 0 aliphatic carbocycles.